The highest BCUT2D eigenvalue weighted by Gasteiger charge is 2.65. The Balaban J connectivity index is 1.31. The SMILES string of the molecule is CC1CC2C(C(C)OC(=O)C3C4CC5OC(=O)C3C5C4)OS(=O)(=O)C2C1. The lowest BCUT2D eigenvalue weighted by Gasteiger charge is -2.27. The number of carbonyl (C=O) groups is 2. The summed E-state index contributed by atoms with van der Waals surface area (Å²) in [4.78, 5) is 24.9. The Kier molecular flexibility index (Phi) is 3.55. The van der Waals surface area contributed by atoms with Crippen molar-refractivity contribution >= 4 is 22.1 Å². The molecule has 0 spiro atoms. The van der Waals surface area contributed by atoms with Crippen LogP contribution in [0.3, 0.4) is 0 Å². The molecular formula is C18H24O7S. The first-order valence-corrected chi connectivity index (χ1v) is 11.1. The third kappa shape index (κ3) is 2.24. The van der Waals surface area contributed by atoms with Crippen LogP contribution in [0.5, 0.6) is 0 Å². The van der Waals surface area contributed by atoms with Gasteiger partial charge in [-0.1, -0.05) is 6.92 Å². The first-order valence-electron chi connectivity index (χ1n) is 9.59. The van der Waals surface area contributed by atoms with E-state index >= 15 is 0 Å². The molecule has 5 rings (SSSR count). The average Bonchev–Trinajstić information content (AvgIpc) is 3.28. The highest BCUT2D eigenvalue weighted by Crippen LogP contribution is 2.58. The van der Waals surface area contributed by atoms with E-state index in [0.29, 0.717) is 12.3 Å². The minimum Gasteiger partial charge on any atom is -0.462 e. The van der Waals surface area contributed by atoms with E-state index in [9.17, 15) is 18.0 Å². The largest absolute Gasteiger partial charge is 0.462 e. The molecule has 26 heavy (non-hydrogen) atoms. The Morgan fingerprint density at radius 3 is 2.73 bits per heavy atom. The summed E-state index contributed by atoms with van der Waals surface area (Å²) in [6.45, 7) is 3.74. The molecule has 3 saturated carbocycles. The van der Waals surface area contributed by atoms with Crippen molar-refractivity contribution in [3.05, 3.63) is 0 Å². The minimum atomic E-state index is -3.60. The summed E-state index contributed by atoms with van der Waals surface area (Å²) < 4.78 is 40.9. The summed E-state index contributed by atoms with van der Waals surface area (Å²) in [5, 5.41) is -0.489. The smallest absolute Gasteiger partial charge is 0.310 e. The second-order valence-electron chi connectivity index (χ2n) is 8.90. The molecule has 5 aliphatic rings. The van der Waals surface area contributed by atoms with Crippen LogP contribution in [-0.2, 0) is 33.4 Å². The molecule has 3 aliphatic carbocycles. The zero-order valence-corrected chi connectivity index (χ0v) is 15.7. The van der Waals surface area contributed by atoms with E-state index in [0.717, 1.165) is 19.3 Å². The van der Waals surface area contributed by atoms with Crippen molar-refractivity contribution in [1.82, 2.24) is 0 Å². The van der Waals surface area contributed by atoms with Crippen molar-refractivity contribution in [3.63, 3.8) is 0 Å². The zero-order chi connectivity index (χ0) is 18.4. The Morgan fingerprint density at radius 2 is 1.96 bits per heavy atom. The molecule has 2 bridgehead atoms. The lowest BCUT2D eigenvalue weighted by molar-refractivity contribution is -0.164. The number of carbonyl (C=O) groups excluding carboxylic acids is 2. The van der Waals surface area contributed by atoms with Gasteiger partial charge in [-0.2, -0.15) is 8.42 Å². The van der Waals surface area contributed by atoms with Crippen molar-refractivity contribution in [1.29, 1.82) is 0 Å². The summed E-state index contributed by atoms with van der Waals surface area (Å²) in [5.74, 6) is -1.04. The third-order valence-corrected chi connectivity index (χ3v) is 9.12. The maximum atomic E-state index is 12.8. The molecule has 8 heteroatoms. The molecule has 0 amide bonds. The fourth-order valence-electron chi connectivity index (χ4n) is 6.34. The number of ether oxygens (including phenoxy) is 2. The van der Waals surface area contributed by atoms with Crippen molar-refractivity contribution < 1.29 is 31.7 Å². The van der Waals surface area contributed by atoms with Crippen LogP contribution in [0.25, 0.3) is 0 Å². The molecular weight excluding hydrogens is 360 g/mol. The van der Waals surface area contributed by atoms with Gasteiger partial charge in [0.05, 0.1) is 17.1 Å². The third-order valence-electron chi connectivity index (χ3n) is 7.34. The number of esters is 2. The van der Waals surface area contributed by atoms with Crippen LogP contribution in [0.1, 0.15) is 39.5 Å². The number of fused-ring (bicyclic) bond motifs is 2. The lowest BCUT2D eigenvalue weighted by Crippen LogP contribution is -2.39. The lowest BCUT2D eigenvalue weighted by atomic mass is 9.80. The van der Waals surface area contributed by atoms with Crippen LogP contribution in [0.4, 0.5) is 0 Å². The van der Waals surface area contributed by atoms with E-state index in [1.807, 2.05) is 6.92 Å². The Hall–Kier alpha value is -1.15. The van der Waals surface area contributed by atoms with Crippen molar-refractivity contribution in [3.8, 4) is 0 Å². The average molecular weight is 384 g/mol. The molecule has 0 radical (unpaired) electrons. The van der Waals surface area contributed by atoms with E-state index in [4.69, 9.17) is 13.7 Å². The maximum Gasteiger partial charge on any atom is 0.310 e. The fraction of sp³-hybridized carbons (Fsp3) is 0.889. The first kappa shape index (κ1) is 17.0. The van der Waals surface area contributed by atoms with Crippen LogP contribution in [-0.4, -0.2) is 43.9 Å². The van der Waals surface area contributed by atoms with E-state index in [1.165, 1.54) is 0 Å². The number of hydrogen-bond donors (Lipinski definition) is 0. The highest BCUT2D eigenvalue weighted by molar-refractivity contribution is 7.87. The second kappa shape index (κ2) is 5.44. The van der Waals surface area contributed by atoms with Gasteiger partial charge in [0.2, 0.25) is 0 Å². The number of hydrogen-bond acceptors (Lipinski definition) is 7. The zero-order valence-electron chi connectivity index (χ0n) is 14.9. The summed E-state index contributed by atoms with van der Waals surface area (Å²) in [6.07, 6.45) is 1.64. The highest BCUT2D eigenvalue weighted by atomic mass is 32.2. The Labute approximate surface area is 152 Å². The molecule has 2 saturated heterocycles. The molecule has 0 aromatic heterocycles. The van der Waals surface area contributed by atoms with E-state index < -0.39 is 39.5 Å². The Morgan fingerprint density at radius 1 is 1.19 bits per heavy atom. The van der Waals surface area contributed by atoms with Gasteiger partial charge in [-0.3, -0.25) is 13.8 Å². The van der Waals surface area contributed by atoms with Gasteiger partial charge < -0.3 is 9.47 Å². The quantitative estimate of drug-likeness (QED) is 0.534. The number of rotatable bonds is 3. The molecule has 7 nitrogen and oxygen atoms in total. The Bertz CT molecular complexity index is 760. The molecule has 5 fully saturated rings. The first-order chi connectivity index (χ1) is 12.3. The van der Waals surface area contributed by atoms with Gasteiger partial charge >= 0.3 is 11.9 Å². The summed E-state index contributed by atoms with van der Waals surface area (Å²) in [7, 11) is -3.60. The van der Waals surface area contributed by atoms with Crippen molar-refractivity contribution in [2.24, 2.45) is 35.5 Å². The second-order valence-corrected chi connectivity index (χ2v) is 10.7. The predicted molar refractivity (Wildman–Crippen MR) is 88.1 cm³/mol. The maximum absolute atomic E-state index is 12.8. The van der Waals surface area contributed by atoms with Gasteiger partial charge in [-0.05, 0) is 44.4 Å². The molecule has 0 aromatic rings. The predicted octanol–water partition coefficient (Wildman–Crippen LogP) is 1.26. The van der Waals surface area contributed by atoms with Crippen LogP contribution >= 0.6 is 0 Å². The standard InChI is InChI=1S/C18H24O7S/c1-7-3-11-13(4-7)26(21,22)25-16(11)8(2)23-17(19)14-9-5-10-12(6-9)24-18(20)15(10)14/h7-16H,3-6H2,1-2H3. The van der Waals surface area contributed by atoms with Gasteiger partial charge in [0, 0.05) is 11.8 Å². The minimum absolute atomic E-state index is 0.0250. The topological polar surface area (TPSA) is 96.0 Å². The summed E-state index contributed by atoms with van der Waals surface area (Å²) in [6, 6.07) is 0. The van der Waals surface area contributed by atoms with E-state index in [1.54, 1.807) is 6.92 Å². The van der Waals surface area contributed by atoms with Gasteiger partial charge in [0.25, 0.3) is 10.1 Å². The molecule has 0 N–H and O–H groups in total. The summed E-state index contributed by atoms with van der Waals surface area (Å²) in [5.41, 5.74) is 0. The monoisotopic (exact) mass is 384 g/mol. The molecule has 2 aliphatic heterocycles. The molecule has 0 aromatic carbocycles. The van der Waals surface area contributed by atoms with E-state index in [-0.39, 0.29) is 35.7 Å². The van der Waals surface area contributed by atoms with Crippen LogP contribution in [0.2, 0.25) is 0 Å². The van der Waals surface area contributed by atoms with Gasteiger partial charge in [0.1, 0.15) is 18.3 Å². The van der Waals surface area contributed by atoms with Gasteiger partial charge in [0.15, 0.2) is 0 Å². The molecule has 2 heterocycles. The summed E-state index contributed by atoms with van der Waals surface area (Å²) >= 11 is 0. The molecule has 144 valence electrons. The normalized spacial score (nSPS) is 51.3. The van der Waals surface area contributed by atoms with E-state index in [2.05, 4.69) is 0 Å². The van der Waals surface area contributed by atoms with Crippen molar-refractivity contribution in [2.45, 2.75) is 63.1 Å². The molecule has 10 unspecified atom stereocenters. The van der Waals surface area contributed by atoms with Crippen molar-refractivity contribution in [2.75, 3.05) is 0 Å². The fourth-order valence-corrected chi connectivity index (χ4v) is 8.35. The molecule has 10 atom stereocenters. The van der Waals surface area contributed by atoms with Crippen LogP contribution < -0.4 is 0 Å². The van der Waals surface area contributed by atoms with Gasteiger partial charge in [-0.15, -0.1) is 0 Å². The van der Waals surface area contributed by atoms with Crippen LogP contribution in [0.15, 0.2) is 0 Å². The van der Waals surface area contributed by atoms with Crippen LogP contribution in [0, 0.1) is 35.5 Å². The van der Waals surface area contributed by atoms with Gasteiger partial charge in [-0.25, -0.2) is 0 Å².